The number of aryl methyl sites for hydroxylation is 1. The van der Waals surface area contributed by atoms with Crippen LogP contribution in [0.5, 0.6) is 0 Å². The molecule has 0 bridgehead atoms. The summed E-state index contributed by atoms with van der Waals surface area (Å²) in [6.07, 6.45) is 2.81. The van der Waals surface area contributed by atoms with Crippen LogP contribution in [0.2, 0.25) is 0 Å². The van der Waals surface area contributed by atoms with Crippen LogP contribution in [0.15, 0.2) is 18.2 Å². The highest BCUT2D eigenvalue weighted by molar-refractivity contribution is 5.95. The van der Waals surface area contributed by atoms with E-state index in [1.165, 1.54) is 6.07 Å². The number of nitro groups is 1. The first-order valence-corrected chi connectivity index (χ1v) is 6.73. The number of nitrogens with one attached hydrogen (secondary N) is 1. The Labute approximate surface area is 117 Å². The largest absolute Gasteiger partial charge is 0.391 e. The summed E-state index contributed by atoms with van der Waals surface area (Å²) >= 11 is 0. The molecule has 1 aliphatic rings. The molecule has 0 aromatic heterocycles. The van der Waals surface area contributed by atoms with E-state index in [0.717, 1.165) is 19.3 Å². The molecule has 1 aliphatic carbocycles. The van der Waals surface area contributed by atoms with Crippen LogP contribution in [0.4, 0.5) is 5.69 Å². The van der Waals surface area contributed by atoms with Gasteiger partial charge >= 0.3 is 0 Å². The maximum Gasteiger partial charge on any atom is 0.273 e. The normalized spacial score (nSPS) is 22.3. The third kappa shape index (κ3) is 3.14. The van der Waals surface area contributed by atoms with E-state index in [9.17, 15) is 20.0 Å². The molecule has 0 unspecified atom stereocenters. The molecule has 0 radical (unpaired) electrons. The molecular weight excluding hydrogens is 260 g/mol. The number of carbonyl (C=O) groups is 1. The quantitative estimate of drug-likeness (QED) is 0.652. The second-order valence-corrected chi connectivity index (χ2v) is 5.19. The van der Waals surface area contributed by atoms with E-state index >= 15 is 0 Å². The Morgan fingerprint density at radius 3 is 2.75 bits per heavy atom. The van der Waals surface area contributed by atoms with Gasteiger partial charge in [0.25, 0.3) is 11.6 Å². The maximum atomic E-state index is 12.1. The Kier molecular flexibility index (Phi) is 4.34. The average Bonchev–Trinajstić information content (AvgIpc) is 2.41. The Morgan fingerprint density at radius 2 is 2.10 bits per heavy atom. The summed E-state index contributed by atoms with van der Waals surface area (Å²) < 4.78 is 0. The lowest BCUT2D eigenvalue weighted by atomic mass is 9.92. The third-order valence-electron chi connectivity index (χ3n) is 3.71. The van der Waals surface area contributed by atoms with Gasteiger partial charge in [-0.2, -0.15) is 0 Å². The highest BCUT2D eigenvalue weighted by Crippen LogP contribution is 2.21. The zero-order valence-corrected chi connectivity index (χ0v) is 11.3. The van der Waals surface area contributed by atoms with Gasteiger partial charge in [0.2, 0.25) is 0 Å². The second kappa shape index (κ2) is 6.00. The molecule has 2 rings (SSSR count). The van der Waals surface area contributed by atoms with Crippen molar-refractivity contribution in [3.8, 4) is 0 Å². The first-order valence-electron chi connectivity index (χ1n) is 6.73. The lowest BCUT2D eigenvalue weighted by molar-refractivity contribution is -0.385. The van der Waals surface area contributed by atoms with E-state index in [1.807, 2.05) is 0 Å². The van der Waals surface area contributed by atoms with Gasteiger partial charge in [-0.3, -0.25) is 14.9 Å². The second-order valence-electron chi connectivity index (χ2n) is 5.19. The number of nitro benzene ring substituents is 1. The molecule has 1 amide bonds. The van der Waals surface area contributed by atoms with Crippen LogP contribution in [0.3, 0.4) is 0 Å². The molecule has 6 heteroatoms. The van der Waals surface area contributed by atoms with Crippen LogP contribution in [-0.2, 0) is 0 Å². The number of carbonyl (C=O) groups excluding carboxylic acids is 1. The van der Waals surface area contributed by atoms with E-state index in [1.54, 1.807) is 19.1 Å². The minimum absolute atomic E-state index is 0.0677. The van der Waals surface area contributed by atoms with Crippen LogP contribution < -0.4 is 5.32 Å². The van der Waals surface area contributed by atoms with Crippen LogP contribution in [0.25, 0.3) is 0 Å². The fourth-order valence-corrected chi connectivity index (χ4v) is 2.48. The van der Waals surface area contributed by atoms with E-state index in [4.69, 9.17) is 0 Å². The molecule has 1 aromatic carbocycles. The Balaban J connectivity index is 2.13. The molecule has 108 valence electrons. The van der Waals surface area contributed by atoms with E-state index in [-0.39, 0.29) is 23.2 Å². The summed E-state index contributed by atoms with van der Waals surface area (Å²) in [5.74, 6) is -0.376. The van der Waals surface area contributed by atoms with Crippen molar-refractivity contribution in [1.82, 2.24) is 5.32 Å². The predicted octanol–water partition coefficient (Wildman–Crippen LogP) is 1.94. The number of nitrogens with zero attached hydrogens (tertiary/aromatic N) is 1. The van der Waals surface area contributed by atoms with Crippen molar-refractivity contribution in [3.63, 3.8) is 0 Å². The van der Waals surface area contributed by atoms with Crippen molar-refractivity contribution in [1.29, 1.82) is 0 Å². The van der Waals surface area contributed by atoms with E-state index < -0.39 is 11.0 Å². The summed E-state index contributed by atoms with van der Waals surface area (Å²) in [4.78, 5) is 22.5. The monoisotopic (exact) mass is 278 g/mol. The summed E-state index contributed by atoms with van der Waals surface area (Å²) in [5.41, 5.74) is 0.700. The maximum absolute atomic E-state index is 12.1. The summed E-state index contributed by atoms with van der Waals surface area (Å²) in [6.45, 7) is 1.63. The molecule has 0 saturated heterocycles. The van der Waals surface area contributed by atoms with Crippen LogP contribution in [0.1, 0.15) is 41.6 Å². The fraction of sp³-hybridized carbons (Fsp3) is 0.500. The summed E-state index contributed by atoms with van der Waals surface area (Å²) in [6, 6.07) is 4.13. The summed E-state index contributed by atoms with van der Waals surface area (Å²) in [5, 5.41) is 23.5. The van der Waals surface area contributed by atoms with Gasteiger partial charge in [-0.15, -0.1) is 0 Å². The first kappa shape index (κ1) is 14.5. The number of aliphatic hydroxyl groups is 1. The van der Waals surface area contributed by atoms with E-state index in [0.29, 0.717) is 12.0 Å². The van der Waals surface area contributed by atoms with Crippen molar-refractivity contribution < 1.29 is 14.8 Å². The first-order chi connectivity index (χ1) is 9.49. The topological polar surface area (TPSA) is 92.5 Å². The fourth-order valence-electron chi connectivity index (χ4n) is 2.48. The number of hydrogen-bond acceptors (Lipinski definition) is 4. The van der Waals surface area contributed by atoms with E-state index in [2.05, 4.69) is 5.32 Å². The average molecular weight is 278 g/mol. The SMILES string of the molecule is Cc1ccc(C(=O)N[C@@H]2CCCC[C@H]2O)cc1[N+](=O)[O-]. The number of hydrogen-bond donors (Lipinski definition) is 2. The zero-order chi connectivity index (χ0) is 14.7. The van der Waals surface area contributed by atoms with Gasteiger partial charge in [-0.1, -0.05) is 18.9 Å². The van der Waals surface area contributed by atoms with Gasteiger partial charge in [-0.25, -0.2) is 0 Å². The predicted molar refractivity (Wildman–Crippen MR) is 73.6 cm³/mol. The number of amides is 1. The Morgan fingerprint density at radius 1 is 1.40 bits per heavy atom. The van der Waals surface area contributed by atoms with Crippen LogP contribution in [0, 0.1) is 17.0 Å². The van der Waals surface area contributed by atoms with Crippen molar-refractivity contribution in [2.24, 2.45) is 0 Å². The Bertz CT molecular complexity index is 530. The number of aliphatic hydroxyl groups excluding tert-OH is 1. The van der Waals surface area contributed by atoms with Crippen LogP contribution >= 0.6 is 0 Å². The molecule has 1 saturated carbocycles. The van der Waals surface area contributed by atoms with Gasteiger partial charge in [0, 0.05) is 17.2 Å². The molecule has 0 aliphatic heterocycles. The molecule has 1 aromatic rings. The molecule has 2 atom stereocenters. The third-order valence-corrected chi connectivity index (χ3v) is 3.71. The molecule has 6 nitrogen and oxygen atoms in total. The molecule has 20 heavy (non-hydrogen) atoms. The van der Waals surface area contributed by atoms with Gasteiger partial charge in [0.15, 0.2) is 0 Å². The molecule has 0 spiro atoms. The standard InChI is InChI=1S/C14H18N2O4/c1-9-6-7-10(8-12(9)16(19)20)14(18)15-11-4-2-3-5-13(11)17/h6-8,11,13,17H,2-5H2,1H3,(H,15,18)/t11-,13-/m1/s1. The molecular formula is C14H18N2O4. The van der Waals surface area contributed by atoms with Crippen molar-refractivity contribution in [2.75, 3.05) is 0 Å². The number of benzene rings is 1. The lowest BCUT2D eigenvalue weighted by Gasteiger charge is -2.28. The minimum atomic E-state index is -0.534. The van der Waals surface area contributed by atoms with Crippen LogP contribution in [-0.4, -0.2) is 28.1 Å². The van der Waals surface area contributed by atoms with Crippen molar-refractivity contribution in [2.45, 2.75) is 44.8 Å². The minimum Gasteiger partial charge on any atom is -0.391 e. The smallest absolute Gasteiger partial charge is 0.273 e. The highest BCUT2D eigenvalue weighted by atomic mass is 16.6. The van der Waals surface area contributed by atoms with Gasteiger partial charge in [-0.05, 0) is 25.8 Å². The highest BCUT2D eigenvalue weighted by Gasteiger charge is 2.25. The molecule has 1 fully saturated rings. The van der Waals surface area contributed by atoms with Crippen molar-refractivity contribution in [3.05, 3.63) is 39.4 Å². The number of rotatable bonds is 3. The van der Waals surface area contributed by atoms with Crippen molar-refractivity contribution >= 4 is 11.6 Å². The zero-order valence-electron chi connectivity index (χ0n) is 11.3. The Hall–Kier alpha value is -1.95. The van der Waals surface area contributed by atoms with Gasteiger partial charge in [0.05, 0.1) is 17.1 Å². The van der Waals surface area contributed by atoms with Gasteiger partial charge in [0.1, 0.15) is 0 Å². The summed E-state index contributed by atoms with van der Waals surface area (Å²) in [7, 11) is 0. The molecule has 2 N–H and O–H groups in total. The lowest BCUT2D eigenvalue weighted by Crippen LogP contribution is -2.45. The van der Waals surface area contributed by atoms with Gasteiger partial charge < -0.3 is 10.4 Å². The molecule has 0 heterocycles.